The van der Waals surface area contributed by atoms with E-state index >= 15 is 0 Å². The highest BCUT2D eigenvalue weighted by atomic mass is 19.4. The van der Waals surface area contributed by atoms with E-state index in [4.69, 9.17) is 10.5 Å². The molecule has 5 atom stereocenters. The first-order valence-electron chi connectivity index (χ1n) is 11.0. The van der Waals surface area contributed by atoms with Crippen molar-refractivity contribution in [2.24, 2.45) is 5.73 Å². The van der Waals surface area contributed by atoms with Crippen LogP contribution in [0.1, 0.15) is 54.0 Å². The smallest absolute Gasteiger partial charge is 0.368 e. The van der Waals surface area contributed by atoms with Crippen molar-refractivity contribution in [1.82, 2.24) is 4.90 Å². The average molecular weight is 504 g/mol. The summed E-state index contributed by atoms with van der Waals surface area (Å²) in [5, 5.41) is 0. The van der Waals surface area contributed by atoms with Crippen LogP contribution in [0.3, 0.4) is 0 Å². The van der Waals surface area contributed by atoms with Gasteiger partial charge in [-0.25, -0.2) is 4.39 Å². The minimum Gasteiger partial charge on any atom is -0.368 e. The summed E-state index contributed by atoms with van der Waals surface area (Å²) in [4.78, 5) is 14.2. The van der Waals surface area contributed by atoms with E-state index in [1.54, 1.807) is 4.90 Å². The zero-order valence-electron chi connectivity index (χ0n) is 18.5. The fourth-order valence-corrected chi connectivity index (χ4v) is 4.98. The first kappa shape index (κ1) is 25.4. The molecule has 35 heavy (non-hydrogen) atoms. The number of nitrogens with zero attached hydrogens (tertiary/aromatic N) is 1. The summed E-state index contributed by atoms with van der Waals surface area (Å²) in [7, 11) is 0. The maximum absolute atomic E-state index is 13.5. The number of piperidine rings is 1. The van der Waals surface area contributed by atoms with Crippen LogP contribution in [0.2, 0.25) is 0 Å². The number of benzene rings is 2. The van der Waals surface area contributed by atoms with Gasteiger partial charge >= 0.3 is 12.4 Å². The van der Waals surface area contributed by atoms with Crippen molar-refractivity contribution in [3.63, 3.8) is 0 Å². The monoisotopic (exact) mass is 504 g/mol. The van der Waals surface area contributed by atoms with E-state index in [0.717, 1.165) is 0 Å². The molecule has 2 aromatic carbocycles. The third-order valence-corrected chi connectivity index (χ3v) is 6.61. The lowest BCUT2D eigenvalue weighted by Crippen LogP contribution is -2.48. The van der Waals surface area contributed by atoms with Crippen LogP contribution in [-0.4, -0.2) is 35.5 Å². The van der Waals surface area contributed by atoms with Gasteiger partial charge in [0.15, 0.2) is 0 Å². The number of hydrogen-bond acceptors (Lipinski definition) is 3. The van der Waals surface area contributed by atoms with E-state index in [2.05, 4.69) is 0 Å². The molecule has 2 saturated heterocycles. The number of nitrogens with two attached hydrogens (primary N) is 1. The van der Waals surface area contributed by atoms with Crippen LogP contribution >= 0.6 is 0 Å². The molecule has 11 heteroatoms. The standard InChI is InChI=1S/C24H23F7N2O2/c1-12(14-6-15(23(26,27)28)8-16(7-14)24(29,30)31)35-20-11-33-19(9-18(32)10-21(33)34)22(20)13-2-4-17(25)5-3-13/h2-8,12,18-20,22H,9-11,32H2,1H3/t12-,18?,19+,20+,22?/m1/s1. The predicted octanol–water partition coefficient (Wildman–Crippen LogP) is 5.43. The third-order valence-electron chi connectivity index (χ3n) is 6.61. The SMILES string of the molecule is C[C@@H](O[C@H]1CN2C(=O)CC(N)C[C@H]2C1c1ccc(F)cc1)c1cc(C(F)(F)F)cc(C(F)(F)F)c1. The molecular formula is C24H23F7N2O2. The average Bonchev–Trinajstić information content (AvgIpc) is 3.11. The topological polar surface area (TPSA) is 55.6 Å². The molecule has 4 nitrogen and oxygen atoms in total. The van der Waals surface area contributed by atoms with Gasteiger partial charge in [0.05, 0.1) is 23.3 Å². The predicted molar refractivity (Wildman–Crippen MR) is 112 cm³/mol. The molecule has 0 spiro atoms. The Labute approximate surface area is 196 Å². The Bertz CT molecular complexity index is 1050. The third kappa shape index (κ3) is 5.30. The molecule has 2 aliphatic heterocycles. The number of amides is 1. The van der Waals surface area contributed by atoms with Crippen LogP contribution in [0.25, 0.3) is 0 Å². The summed E-state index contributed by atoms with van der Waals surface area (Å²) >= 11 is 0. The van der Waals surface area contributed by atoms with Crippen LogP contribution in [0.4, 0.5) is 30.7 Å². The van der Waals surface area contributed by atoms with Crippen molar-refractivity contribution >= 4 is 5.91 Å². The number of ether oxygens (including phenoxy) is 1. The Morgan fingerprint density at radius 3 is 2.11 bits per heavy atom. The Morgan fingerprint density at radius 2 is 1.57 bits per heavy atom. The van der Waals surface area contributed by atoms with Crippen molar-refractivity contribution in [2.45, 2.75) is 62.3 Å². The number of fused-ring (bicyclic) bond motifs is 1. The zero-order chi connectivity index (χ0) is 25.7. The second kappa shape index (κ2) is 9.09. The van der Waals surface area contributed by atoms with Crippen LogP contribution in [0.15, 0.2) is 42.5 Å². The number of carbonyl (C=O) groups is 1. The lowest BCUT2D eigenvalue weighted by Gasteiger charge is -2.35. The normalized spacial score (nSPS) is 26.1. The van der Waals surface area contributed by atoms with E-state index in [1.807, 2.05) is 0 Å². The number of hydrogen-bond donors (Lipinski definition) is 1. The zero-order valence-corrected chi connectivity index (χ0v) is 18.5. The van der Waals surface area contributed by atoms with Gasteiger partial charge < -0.3 is 15.4 Å². The van der Waals surface area contributed by atoms with E-state index in [0.29, 0.717) is 24.1 Å². The van der Waals surface area contributed by atoms with Crippen molar-refractivity contribution in [1.29, 1.82) is 0 Å². The van der Waals surface area contributed by atoms with Gasteiger partial charge in [-0.2, -0.15) is 26.3 Å². The number of alkyl halides is 6. The van der Waals surface area contributed by atoms with Gasteiger partial charge in [-0.05, 0) is 54.8 Å². The molecule has 2 fully saturated rings. The minimum absolute atomic E-state index is 0.0629. The molecule has 190 valence electrons. The van der Waals surface area contributed by atoms with Crippen LogP contribution in [0.5, 0.6) is 0 Å². The molecule has 2 N–H and O–H groups in total. The van der Waals surface area contributed by atoms with Gasteiger partial charge in [-0.15, -0.1) is 0 Å². The molecule has 2 aliphatic rings. The maximum atomic E-state index is 13.5. The van der Waals surface area contributed by atoms with Gasteiger partial charge in [0.2, 0.25) is 5.91 Å². The highest BCUT2D eigenvalue weighted by Gasteiger charge is 2.49. The molecule has 2 heterocycles. The summed E-state index contributed by atoms with van der Waals surface area (Å²) in [5.41, 5.74) is 3.52. The molecule has 2 aromatic rings. The molecule has 1 amide bonds. The van der Waals surface area contributed by atoms with Crippen LogP contribution in [-0.2, 0) is 21.9 Å². The van der Waals surface area contributed by atoms with Crippen molar-refractivity contribution in [3.8, 4) is 0 Å². The summed E-state index contributed by atoms with van der Waals surface area (Å²) in [6.07, 6.45) is -11.3. The summed E-state index contributed by atoms with van der Waals surface area (Å²) in [6.45, 7) is 1.45. The molecule has 4 rings (SSSR count). The second-order valence-corrected chi connectivity index (χ2v) is 9.05. The molecular weight excluding hydrogens is 481 g/mol. The van der Waals surface area contributed by atoms with Crippen LogP contribution < -0.4 is 5.73 Å². The van der Waals surface area contributed by atoms with Crippen molar-refractivity contribution < 1.29 is 40.3 Å². The summed E-state index contributed by atoms with van der Waals surface area (Å²) in [5.74, 6) is -1.17. The maximum Gasteiger partial charge on any atom is 0.416 e. The Kier molecular flexibility index (Phi) is 6.60. The summed E-state index contributed by atoms with van der Waals surface area (Å²) in [6, 6.07) is 6.08. The fourth-order valence-electron chi connectivity index (χ4n) is 4.98. The van der Waals surface area contributed by atoms with Gasteiger partial charge in [0.25, 0.3) is 0 Å². The van der Waals surface area contributed by atoms with Gasteiger partial charge in [-0.3, -0.25) is 4.79 Å². The Balaban J connectivity index is 1.68. The van der Waals surface area contributed by atoms with Crippen LogP contribution in [0, 0.1) is 5.82 Å². The fraction of sp³-hybridized carbons (Fsp3) is 0.458. The molecule has 0 aliphatic carbocycles. The summed E-state index contributed by atoms with van der Waals surface area (Å²) < 4.78 is 99.4. The van der Waals surface area contributed by atoms with E-state index < -0.39 is 53.5 Å². The Morgan fingerprint density at radius 1 is 1.00 bits per heavy atom. The Hall–Kier alpha value is -2.66. The van der Waals surface area contributed by atoms with Crippen molar-refractivity contribution in [2.75, 3.05) is 6.54 Å². The quantitative estimate of drug-likeness (QED) is 0.566. The molecule has 2 unspecified atom stereocenters. The largest absolute Gasteiger partial charge is 0.416 e. The first-order valence-corrected chi connectivity index (χ1v) is 11.0. The lowest BCUT2D eigenvalue weighted by atomic mass is 9.84. The molecule has 0 saturated carbocycles. The number of rotatable bonds is 4. The highest BCUT2D eigenvalue weighted by Crippen LogP contribution is 2.43. The minimum atomic E-state index is -4.98. The lowest BCUT2D eigenvalue weighted by molar-refractivity contribution is -0.143. The van der Waals surface area contributed by atoms with E-state index in [-0.39, 0.29) is 36.5 Å². The first-order chi connectivity index (χ1) is 16.2. The van der Waals surface area contributed by atoms with Gasteiger partial charge in [0, 0.05) is 31.0 Å². The van der Waals surface area contributed by atoms with E-state index in [9.17, 15) is 35.5 Å². The van der Waals surface area contributed by atoms with Crippen molar-refractivity contribution in [3.05, 3.63) is 70.5 Å². The van der Waals surface area contributed by atoms with Gasteiger partial charge in [-0.1, -0.05) is 12.1 Å². The molecule has 0 radical (unpaired) electrons. The number of carbonyl (C=O) groups excluding carboxylic acids is 1. The van der Waals surface area contributed by atoms with Gasteiger partial charge in [0.1, 0.15) is 5.82 Å². The highest BCUT2D eigenvalue weighted by molar-refractivity contribution is 5.79. The molecule has 0 aromatic heterocycles. The van der Waals surface area contributed by atoms with E-state index in [1.165, 1.54) is 31.2 Å². The number of halogens is 7. The second-order valence-electron chi connectivity index (χ2n) is 9.05. The molecule has 0 bridgehead atoms.